The Labute approximate surface area is 310 Å². The van der Waals surface area contributed by atoms with Crippen molar-refractivity contribution in [3.63, 3.8) is 0 Å². The highest BCUT2D eigenvalue weighted by Gasteiger charge is 2.49. The molecule has 0 aliphatic carbocycles. The summed E-state index contributed by atoms with van der Waals surface area (Å²) in [5.41, 5.74) is 2.92. The van der Waals surface area contributed by atoms with Crippen LogP contribution in [0.15, 0.2) is 97.1 Å². The van der Waals surface area contributed by atoms with Gasteiger partial charge in [-0.2, -0.15) is 0 Å². The minimum Gasteiger partial charge on any atom is -0.493 e. The van der Waals surface area contributed by atoms with Crippen molar-refractivity contribution < 1.29 is 43.3 Å². The van der Waals surface area contributed by atoms with Crippen molar-refractivity contribution in [2.24, 2.45) is 0 Å². The van der Waals surface area contributed by atoms with Crippen molar-refractivity contribution in [3.8, 4) is 11.5 Å². The van der Waals surface area contributed by atoms with Crippen LogP contribution in [0.4, 0.5) is 10.1 Å². The van der Waals surface area contributed by atoms with Gasteiger partial charge in [0, 0.05) is 23.3 Å². The van der Waals surface area contributed by atoms with E-state index in [9.17, 15) is 33.8 Å². The zero-order chi connectivity index (χ0) is 37.7. The van der Waals surface area contributed by atoms with Crippen molar-refractivity contribution in [1.82, 2.24) is 10.6 Å². The zero-order valence-electron chi connectivity index (χ0n) is 29.2. The zero-order valence-corrected chi connectivity index (χ0v) is 30.0. The number of amides is 3. The van der Waals surface area contributed by atoms with Gasteiger partial charge >= 0.3 is 5.97 Å². The lowest BCUT2D eigenvalue weighted by molar-refractivity contribution is -0.143. The number of aliphatic carboxylic acids is 1. The standard InChI is InChI=1S/C40H40FN3O8S/c1-40(2,27-6-4-3-5-7-27)37(39(49)50)43-33(46)21-42-34(47)22-52-30-15-8-24(9-16-30)35-36(38(48)44(35)29-13-11-28(41)12-14-29)53-23-31(45)25-10-17-32-26(20-25)18-19-51-32/h3-17,20,31,35-37,45H,18-19,21-23H2,1-2H3,(H,42,47)(H,43,46)(H,49,50)/t31?,35-,36-,37+/m1/s1. The molecule has 0 spiro atoms. The van der Waals surface area contributed by atoms with Gasteiger partial charge in [0.05, 0.1) is 25.3 Å². The fraction of sp³-hybridized carbons (Fsp3) is 0.300. The van der Waals surface area contributed by atoms with Crippen molar-refractivity contribution >= 4 is 41.1 Å². The third kappa shape index (κ3) is 8.47. The maximum atomic E-state index is 13.7. The molecule has 6 rings (SSSR count). The summed E-state index contributed by atoms with van der Waals surface area (Å²) < 4.78 is 24.9. The number of halogens is 1. The maximum Gasteiger partial charge on any atom is 0.327 e. The summed E-state index contributed by atoms with van der Waals surface area (Å²) in [6.45, 7) is 3.21. The molecule has 2 aliphatic rings. The number of aliphatic hydroxyl groups is 1. The number of carboxylic acids is 1. The van der Waals surface area contributed by atoms with Crippen LogP contribution in [0.2, 0.25) is 0 Å². The van der Waals surface area contributed by atoms with Gasteiger partial charge in [-0.05, 0) is 70.8 Å². The molecule has 53 heavy (non-hydrogen) atoms. The predicted octanol–water partition coefficient (Wildman–Crippen LogP) is 4.73. The molecule has 1 saturated heterocycles. The van der Waals surface area contributed by atoms with Gasteiger partial charge in [-0.3, -0.25) is 14.4 Å². The number of nitrogens with zero attached hydrogens (tertiary/aromatic N) is 1. The SMILES string of the molecule is CC(C)(c1ccccc1)[C@@H](NC(=O)CNC(=O)COc1ccc([C@@H]2[C@@H](SCC(O)c3ccc4c(c3)CCO4)C(=O)N2c2ccc(F)cc2)cc1)C(=O)O. The van der Waals surface area contributed by atoms with E-state index in [1.54, 1.807) is 79.4 Å². The van der Waals surface area contributed by atoms with Crippen LogP contribution in [0.1, 0.15) is 48.2 Å². The highest BCUT2D eigenvalue weighted by Crippen LogP contribution is 2.46. The van der Waals surface area contributed by atoms with E-state index in [1.807, 2.05) is 24.3 Å². The molecule has 4 aromatic rings. The number of rotatable bonds is 15. The number of ether oxygens (including phenoxy) is 2. The second-order valence-electron chi connectivity index (χ2n) is 13.4. The summed E-state index contributed by atoms with van der Waals surface area (Å²) in [6, 6.07) is 25.5. The van der Waals surface area contributed by atoms with Gasteiger partial charge in [0.2, 0.25) is 11.8 Å². The Morgan fingerprint density at radius 2 is 1.72 bits per heavy atom. The van der Waals surface area contributed by atoms with Crippen molar-refractivity contribution in [1.29, 1.82) is 0 Å². The summed E-state index contributed by atoms with van der Waals surface area (Å²) >= 11 is 1.35. The Morgan fingerprint density at radius 1 is 1.00 bits per heavy atom. The Bertz CT molecular complexity index is 1960. The molecule has 2 aliphatic heterocycles. The molecule has 3 amide bonds. The highest BCUT2D eigenvalue weighted by atomic mass is 32.2. The highest BCUT2D eigenvalue weighted by molar-refractivity contribution is 8.00. The number of β-lactam (4-membered cyclic amide) rings is 1. The molecular weight excluding hydrogens is 702 g/mol. The topological polar surface area (TPSA) is 154 Å². The van der Waals surface area contributed by atoms with Gasteiger partial charge in [0.15, 0.2) is 6.61 Å². The largest absolute Gasteiger partial charge is 0.493 e. The molecule has 0 radical (unpaired) electrons. The molecule has 13 heteroatoms. The van der Waals surface area contributed by atoms with Crippen LogP contribution >= 0.6 is 11.8 Å². The van der Waals surface area contributed by atoms with E-state index in [0.29, 0.717) is 18.0 Å². The molecule has 1 fully saturated rings. The van der Waals surface area contributed by atoms with E-state index in [4.69, 9.17) is 9.47 Å². The first-order valence-electron chi connectivity index (χ1n) is 17.1. The van der Waals surface area contributed by atoms with E-state index in [-0.39, 0.29) is 11.7 Å². The molecule has 0 bridgehead atoms. The number of fused-ring (bicyclic) bond motifs is 1. The maximum absolute atomic E-state index is 13.7. The number of nitrogens with one attached hydrogen (secondary N) is 2. The third-order valence-electron chi connectivity index (χ3n) is 9.51. The smallest absolute Gasteiger partial charge is 0.327 e. The second-order valence-corrected chi connectivity index (χ2v) is 14.6. The van der Waals surface area contributed by atoms with Crippen LogP contribution < -0.4 is 25.0 Å². The molecule has 11 nitrogen and oxygen atoms in total. The van der Waals surface area contributed by atoms with Crippen LogP contribution in [-0.4, -0.2) is 70.7 Å². The average molecular weight is 742 g/mol. The Morgan fingerprint density at radius 3 is 2.42 bits per heavy atom. The summed E-state index contributed by atoms with van der Waals surface area (Å²) in [7, 11) is 0. The number of hydrogen-bond donors (Lipinski definition) is 4. The van der Waals surface area contributed by atoms with Crippen LogP contribution in [0, 0.1) is 5.82 Å². The van der Waals surface area contributed by atoms with Crippen LogP contribution in [0.3, 0.4) is 0 Å². The molecule has 4 aromatic carbocycles. The number of carboxylic acid groups (broad SMARTS) is 1. The average Bonchev–Trinajstić information content (AvgIpc) is 3.64. The van der Waals surface area contributed by atoms with Crippen molar-refractivity contribution in [2.75, 3.05) is 30.4 Å². The van der Waals surface area contributed by atoms with Crippen molar-refractivity contribution in [2.45, 2.75) is 49.1 Å². The molecule has 4 atom stereocenters. The number of carbonyl (C=O) groups excluding carboxylic acids is 3. The third-order valence-corrected chi connectivity index (χ3v) is 10.8. The fourth-order valence-electron chi connectivity index (χ4n) is 6.48. The lowest BCUT2D eigenvalue weighted by atomic mass is 9.77. The molecule has 0 aromatic heterocycles. The van der Waals surface area contributed by atoms with Gasteiger partial charge in [-0.15, -0.1) is 11.8 Å². The van der Waals surface area contributed by atoms with Crippen molar-refractivity contribution in [3.05, 3.63) is 125 Å². The lowest BCUT2D eigenvalue weighted by Gasteiger charge is -2.47. The Kier molecular flexibility index (Phi) is 11.3. The first kappa shape index (κ1) is 37.4. The number of carbonyl (C=O) groups is 4. The second kappa shape index (κ2) is 16.1. The Hall–Kier alpha value is -5.40. The van der Waals surface area contributed by atoms with Crippen LogP contribution in [0.5, 0.6) is 11.5 Å². The summed E-state index contributed by atoms with van der Waals surface area (Å²) in [4.78, 5) is 52.3. The van der Waals surface area contributed by atoms with Gasteiger partial charge in [-0.25, -0.2) is 9.18 Å². The van der Waals surface area contributed by atoms with Crippen LogP contribution in [0.25, 0.3) is 0 Å². The number of anilines is 1. The lowest BCUT2D eigenvalue weighted by Crippen LogP contribution is -2.57. The molecule has 0 saturated carbocycles. The number of hydrogen-bond acceptors (Lipinski definition) is 8. The first-order valence-corrected chi connectivity index (χ1v) is 18.2. The van der Waals surface area contributed by atoms with Gasteiger partial charge in [0.25, 0.3) is 5.91 Å². The van der Waals surface area contributed by atoms with E-state index >= 15 is 0 Å². The van der Waals surface area contributed by atoms with E-state index in [2.05, 4.69) is 10.6 Å². The Balaban J connectivity index is 1.05. The molecular formula is C40H40FN3O8S. The number of aliphatic hydroxyl groups excluding tert-OH is 1. The minimum atomic E-state index is -1.24. The normalized spacial score (nSPS) is 17.5. The monoisotopic (exact) mass is 741 g/mol. The number of thioether (sulfide) groups is 1. The van der Waals surface area contributed by atoms with Gasteiger partial charge < -0.3 is 35.2 Å². The van der Waals surface area contributed by atoms with E-state index < -0.39 is 65.6 Å². The fourth-order valence-corrected chi connectivity index (χ4v) is 7.78. The minimum absolute atomic E-state index is 0.166. The van der Waals surface area contributed by atoms with Gasteiger partial charge in [0.1, 0.15) is 28.6 Å². The predicted molar refractivity (Wildman–Crippen MR) is 197 cm³/mol. The molecule has 4 N–H and O–H groups in total. The molecule has 1 unspecified atom stereocenters. The number of benzene rings is 4. The molecule has 276 valence electrons. The summed E-state index contributed by atoms with van der Waals surface area (Å²) in [6.07, 6.45) is -0.0178. The van der Waals surface area contributed by atoms with Gasteiger partial charge in [-0.1, -0.05) is 62.4 Å². The summed E-state index contributed by atoms with van der Waals surface area (Å²) in [5.74, 6) is -1.58. The molecule has 2 heterocycles. The van der Waals surface area contributed by atoms with Crippen LogP contribution in [-0.2, 0) is 31.0 Å². The van der Waals surface area contributed by atoms with E-state index in [1.165, 1.54) is 23.9 Å². The first-order chi connectivity index (χ1) is 25.4. The quantitative estimate of drug-likeness (QED) is 0.127. The summed E-state index contributed by atoms with van der Waals surface area (Å²) in [5, 5.41) is 25.3. The van der Waals surface area contributed by atoms with E-state index in [0.717, 1.165) is 34.4 Å².